The van der Waals surface area contributed by atoms with Gasteiger partial charge in [-0.3, -0.25) is 0 Å². The fourth-order valence-corrected chi connectivity index (χ4v) is 3.65. The maximum atomic E-state index is 5.55. The molecule has 4 rings (SSSR count). The third-order valence-corrected chi connectivity index (χ3v) is 5.06. The lowest BCUT2D eigenvalue weighted by atomic mass is 9.81. The van der Waals surface area contributed by atoms with Crippen LogP contribution in [0, 0.1) is 6.92 Å². The third kappa shape index (κ3) is 2.98. The van der Waals surface area contributed by atoms with E-state index in [2.05, 4.69) is 85.8 Å². The van der Waals surface area contributed by atoms with Crippen LogP contribution in [0.15, 0.2) is 78.9 Å². The number of allylic oxidation sites excluding steroid dienone is 1. The monoisotopic (exact) mass is 326 g/mol. The highest BCUT2D eigenvalue weighted by Crippen LogP contribution is 2.39. The summed E-state index contributed by atoms with van der Waals surface area (Å²) in [4.78, 5) is 0. The van der Waals surface area contributed by atoms with Crippen LogP contribution in [0.5, 0.6) is 0 Å². The van der Waals surface area contributed by atoms with E-state index in [1.807, 2.05) is 0 Å². The number of fused-ring (bicyclic) bond motifs is 1. The van der Waals surface area contributed by atoms with Gasteiger partial charge >= 0.3 is 0 Å². The summed E-state index contributed by atoms with van der Waals surface area (Å²) >= 11 is 0. The first-order valence-corrected chi connectivity index (χ1v) is 8.76. The van der Waals surface area contributed by atoms with Gasteiger partial charge in [-0.2, -0.15) is 0 Å². The molecule has 0 saturated carbocycles. The van der Waals surface area contributed by atoms with Crippen LogP contribution in [0.2, 0.25) is 0 Å². The highest BCUT2D eigenvalue weighted by atomic mass is 16.5. The minimum atomic E-state index is 0.391. The molecule has 0 aromatic heterocycles. The summed E-state index contributed by atoms with van der Waals surface area (Å²) in [6.45, 7) is 2.12. The zero-order valence-corrected chi connectivity index (χ0v) is 14.7. The van der Waals surface area contributed by atoms with Gasteiger partial charge in [-0.05, 0) is 41.7 Å². The van der Waals surface area contributed by atoms with Gasteiger partial charge in [0.15, 0.2) is 0 Å². The summed E-state index contributed by atoms with van der Waals surface area (Å²) in [7, 11) is 1.75. The SMILES string of the molecule is COC1=CCC(c2ccc(-c3ccc(C)cc3)cc2)c2ccccc21. The Morgan fingerprint density at radius 3 is 2.12 bits per heavy atom. The van der Waals surface area contributed by atoms with Crippen molar-refractivity contribution < 1.29 is 4.74 Å². The van der Waals surface area contributed by atoms with Gasteiger partial charge < -0.3 is 4.74 Å². The van der Waals surface area contributed by atoms with E-state index in [4.69, 9.17) is 4.74 Å². The summed E-state index contributed by atoms with van der Waals surface area (Å²) in [5, 5.41) is 0. The van der Waals surface area contributed by atoms with Gasteiger partial charge in [0.1, 0.15) is 5.76 Å². The normalized spacial score (nSPS) is 16.1. The zero-order chi connectivity index (χ0) is 17.2. The Bertz CT molecular complexity index is 902. The van der Waals surface area contributed by atoms with Gasteiger partial charge in [0.2, 0.25) is 0 Å². The molecule has 124 valence electrons. The average Bonchev–Trinajstić information content (AvgIpc) is 2.68. The second-order valence-electron chi connectivity index (χ2n) is 6.64. The van der Waals surface area contributed by atoms with Gasteiger partial charge in [0.25, 0.3) is 0 Å². The van der Waals surface area contributed by atoms with E-state index in [-0.39, 0.29) is 0 Å². The minimum Gasteiger partial charge on any atom is -0.496 e. The van der Waals surface area contributed by atoms with E-state index in [9.17, 15) is 0 Å². The van der Waals surface area contributed by atoms with Crippen LogP contribution in [-0.2, 0) is 4.74 Å². The van der Waals surface area contributed by atoms with Crippen molar-refractivity contribution in [1.82, 2.24) is 0 Å². The first-order valence-electron chi connectivity index (χ1n) is 8.76. The number of benzene rings is 3. The first-order chi connectivity index (χ1) is 12.3. The van der Waals surface area contributed by atoms with Crippen molar-refractivity contribution in [3.8, 4) is 11.1 Å². The van der Waals surface area contributed by atoms with Gasteiger partial charge in [0.05, 0.1) is 7.11 Å². The van der Waals surface area contributed by atoms with Crippen LogP contribution >= 0.6 is 0 Å². The lowest BCUT2D eigenvalue weighted by Crippen LogP contribution is -2.09. The summed E-state index contributed by atoms with van der Waals surface area (Å²) in [6.07, 6.45) is 3.19. The zero-order valence-electron chi connectivity index (χ0n) is 14.7. The van der Waals surface area contributed by atoms with Crippen LogP contribution in [0.25, 0.3) is 16.9 Å². The number of methoxy groups -OCH3 is 1. The van der Waals surface area contributed by atoms with Crippen molar-refractivity contribution in [2.24, 2.45) is 0 Å². The van der Waals surface area contributed by atoms with E-state index in [1.54, 1.807) is 7.11 Å². The van der Waals surface area contributed by atoms with Gasteiger partial charge in [-0.25, -0.2) is 0 Å². The van der Waals surface area contributed by atoms with Crippen LogP contribution in [0.3, 0.4) is 0 Å². The highest BCUT2D eigenvalue weighted by molar-refractivity contribution is 5.68. The number of rotatable bonds is 3. The second-order valence-corrected chi connectivity index (χ2v) is 6.64. The second kappa shape index (κ2) is 6.60. The molecule has 1 aliphatic carbocycles. The maximum Gasteiger partial charge on any atom is 0.122 e. The molecule has 1 aliphatic rings. The molecular weight excluding hydrogens is 304 g/mol. The number of hydrogen-bond acceptors (Lipinski definition) is 1. The Balaban J connectivity index is 1.67. The van der Waals surface area contributed by atoms with Crippen LogP contribution in [0.4, 0.5) is 0 Å². The predicted molar refractivity (Wildman–Crippen MR) is 105 cm³/mol. The summed E-state index contributed by atoms with van der Waals surface area (Å²) in [6, 6.07) is 26.3. The maximum absolute atomic E-state index is 5.55. The van der Waals surface area contributed by atoms with E-state index in [0.717, 1.165) is 12.2 Å². The lowest BCUT2D eigenvalue weighted by molar-refractivity contribution is 0.365. The van der Waals surface area contributed by atoms with Crippen LogP contribution in [-0.4, -0.2) is 7.11 Å². The van der Waals surface area contributed by atoms with Crippen LogP contribution < -0.4 is 0 Å². The molecule has 3 aromatic carbocycles. The molecule has 0 bridgehead atoms. The average molecular weight is 326 g/mol. The van der Waals surface area contributed by atoms with E-state index in [0.29, 0.717) is 5.92 Å². The van der Waals surface area contributed by atoms with Crippen molar-refractivity contribution in [1.29, 1.82) is 0 Å². The molecular formula is C24H22O. The third-order valence-electron chi connectivity index (χ3n) is 5.06. The molecule has 1 atom stereocenters. The fourth-order valence-electron chi connectivity index (χ4n) is 3.65. The molecule has 0 aliphatic heterocycles. The van der Waals surface area contributed by atoms with E-state index >= 15 is 0 Å². The molecule has 0 heterocycles. The van der Waals surface area contributed by atoms with Crippen molar-refractivity contribution in [3.05, 3.63) is 101 Å². The predicted octanol–water partition coefficient (Wildman–Crippen LogP) is 6.18. The standard InChI is InChI=1S/C24H22O/c1-17-7-9-18(10-8-17)19-11-13-20(14-12-19)21-15-16-24(25-2)23-6-4-3-5-22(21)23/h3-14,16,21H,15H2,1-2H3. The molecule has 25 heavy (non-hydrogen) atoms. The molecule has 0 radical (unpaired) electrons. The highest BCUT2D eigenvalue weighted by Gasteiger charge is 2.23. The number of aryl methyl sites for hydroxylation is 1. The Labute approximate surface area is 149 Å². The molecule has 0 fully saturated rings. The number of hydrogen-bond donors (Lipinski definition) is 0. The molecule has 1 unspecified atom stereocenters. The van der Waals surface area contributed by atoms with Gasteiger partial charge in [0, 0.05) is 11.5 Å². The molecule has 0 N–H and O–H groups in total. The Hall–Kier alpha value is -2.80. The smallest absolute Gasteiger partial charge is 0.122 e. The minimum absolute atomic E-state index is 0.391. The summed E-state index contributed by atoms with van der Waals surface area (Å²) in [5.74, 6) is 1.38. The van der Waals surface area contributed by atoms with Crippen molar-refractivity contribution in [3.63, 3.8) is 0 Å². The van der Waals surface area contributed by atoms with Crippen molar-refractivity contribution >= 4 is 5.76 Å². The van der Waals surface area contributed by atoms with Gasteiger partial charge in [-0.15, -0.1) is 0 Å². The van der Waals surface area contributed by atoms with Crippen LogP contribution in [0.1, 0.15) is 34.6 Å². The largest absolute Gasteiger partial charge is 0.496 e. The topological polar surface area (TPSA) is 9.23 Å². The fraction of sp³-hybridized carbons (Fsp3) is 0.167. The summed E-state index contributed by atoms with van der Waals surface area (Å²) < 4.78 is 5.55. The Kier molecular flexibility index (Phi) is 4.15. The molecule has 1 heteroatoms. The Morgan fingerprint density at radius 2 is 1.44 bits per heavy atom. The van der Waals surface area contributed by atoms with Gasteiger partial charge in [-0.1, -0.05) is 78.4 Å². The molecule has 1 nitrogen and oxygen atoms in total. The molecule has 0 spiro atoms. The van der Waals surface area contributed by atoms with Crippen molar-refractivity contribution in [2.75, 3.05) is 7.11 Å². The summed E-state index contributed by atoms with van der Waals surface area (Å²) in [5.41, 5.74) is 7.74. The quantitative estimate of drug-likeness (QED) is 0.558. The van der Waals surface area contributed by atoms with Crippen molar-refractivity contribution in [2.45, 2.75) is 19.3 Å². The lowest BCUT2D eigenvalue weighted by Gasteiger charge is -2.25. The van der Waals surface area contributed by atoms with E-state index in [1.165, 1.54) is 33.4 Å². The Morgan fingerprint density at radius 1 is 0.800 bits per heavy atom. The molecule has 0 amide bonds. The first kappa shape index (κ1) is 15.7. The number of ether oxygens (including phenoxy) is 1. The molecule has 0 saturated heterocycles. The molecule has 3 aromatic rings. The van der Waals surface area contributed by atoms with E-state index < -0.39 is 0 Å².